The van der Waals surface area contributed by atoms with Crippen LogP contribution in [-0.4, -0.2) is 50.9 Å². The smallest absolute Gasteiger partial charge is 0.264 e. The van der Waals surface area contributed by atoms with Gasteiger partial charge in [0, 0.05) is 13.1 Å². The van der Waals surface area contributed by atoms with Crippen molar-refractivity contribution in [1.29, 1.82) is 0 Å². The second-order valence-electron chi connectivity index (χ2n) is 8.33. The number of anilines is 1. The molecule has 8 nitrogen and oxygen atoms in total. The van der Waals surface area contributed by atoms with Gasteiger partial charge in [0.2, 0.25) is 11.8 Å². The molecule has 37 heavy (non-hydrogen) atoms. The largest absolute Gasteiger partial charge is 0.494 e. The lowest BCUT2D eigenvalue weighted by Crippen LogP contribution is -2.51. The molecule has 1 atom stereocenters. The first kappa shape index (κ1) is 27.7. The molecule has 3 aromatic rings. The molecule has 1 N–H and O–H groups in total. The van der Waals surface area contributed by atoms with Crippen molar-refractivity contribution in [3.63, 3.8) is 0 Å². The van der Waals surface area contributed by atoms with Gasteiger partial charge in [-0.15, -0.1) is 0 Å². The van der Waals surface area contributed by atoms with Crippen molar-refractivity contribution in [1.82, 2.24) is 10.2 Å². The van der Waals surface area contributed by atoms with Crippen molar-refractivity contribution in [3.8, 4) is 5.75 Å². The Kier molecular flexibility index (Phi) is 9.68. The van der Waals surface area contributed by atoms with Crippen molar-refractivity contribution in [2.45, 2.75) is 38.3 Å². The van der Waals surface area contributed by atoms with E-state index in [1.807, 2.05) is 37.3 Å². The van der Waals surface area contributed by atoms with Crippen molar-refractivity contribution in [2.75, 3.05) is 24.0 Å². The number of rotatable bonds is 12. The zero-order valence-electron chi connectivity index (χ0n) is 21.3. The Morgan fingerprint density at radius 2 is 1.49 bits per heavy atom. The molecule has 0 radical (unpaired) electrons. The van der Waals surface area contributed by atoms with E-state index < -0.39 is 28.5 Å². The maximum atomic E-state index is 13.8. The number of benzene rings is 3. The Balaban J connectivity index is 1.98. The van der Waals surface area contributed by atoms with Gasteiger partial charge in [0.1, 0.15) is 18.3 Å². The minimum atomic E-state index is -4.11. The van der Waals surface area contributed by atoms with E-state index in [0.717, 1.165) is 9.87 Å². The Labute approximate surface area is 218 Å². The van der Waals surface area contributed by atoms with Gasteiger partial charge >= 0.3 is 0 Å². The summed E-state index contributed by atoms with van der Waals surface area (Å²) in [7, 11) is -4.11. The van der Waals surface area contributed by atoms with Crippen molar-refractivity contribution in [2.24, 2.45) is 0 Å². The minimum Gasteiger partial charge on any atom is -0.494 e. The van der Waals surface area contributed by atoms with E-state index in [1.54, 1.807) is 56.3 Å². The van der Waals surface area contributed by atoms with Crippen LogP contribution in [-0.2, 0) is 26.2 Å². The first-order chi connectivity index (χ1) is 17.8. The Bertz CT molecular complexity index is 1270. The molecule has 0 spiro atoms. The van der Waals surface area contributed by atoms with Gasteiger partial charge < -0.3 is 15.0 Å². The molecule has 196 valence electrons. The van der Waals surface area contributed by atoms with E-state index in [9.17, 15) is 18.0 Å². The fourth-order valence-corrected chi connectivity index (χ4v) is 5.22. The van der Waals surface area contributed by atoms with Gasteiger partial charge in [0.05, 0.1) is 17.2 Å². The molecule has 0 saturated heterocycles. The number of likely N-dealkylation sites (N-methyl/N-ethyl adjacent to an activating group) is 1. The molecule has 0 fully saturated rings. The topological polar surface area (TPSA) is 96.0 Å². The highest BCUT2D eigenvalue weighted by Gasteiger charge is 2.32. The van der Waals surface area contributed by atoms with Crippen LogP contribution in [0, 0.1) is 0 Å². The van der Waals surface area contributed by atoms with Crippen molar-refractivity contribution in [3.05, 3.63) is 90.5 Å². The number of hydrogen-bond donors (Lipinski definition) is 1. The molecule has 0 aliphatic heterocycles. The predicted octanol–water partition coefficient (Wildman–Crippen LogP) is 3.83. The van der Waals surface area contributed by atoms with Crippen LogP contribution in [0.15, 0.2) is 89.8 Å². The molecular weight excluding hydrogens is 490 g/mol. The zero-order chi connectivity index (χ0) is 26.8. The quantitative estimate of drug-likeness (QED) is 0.389. The lowest BCUT2D eigenvalue weighted by atomic mass is 10.1. The molecule has 0 bridgehead atoms. The first-order valence-electron chi connectivity index (χ1n) is 12.2. The molecule has 9 heteroatoms. The van der Waals surface area contributed by atoms with Crippen LogP contribution in [0.4, 0.5) is 5.69 Å². The molecule has 3 aromatic carbocycles. The molecule has 1 unspecified atom stereocenters. The Morgan fingerprint density at radius 1 is 0.892 bits per heavy atom. The fourth-order valence-electron chi connectivity index (χ4n) is 3.81. The number of para-hydroxylation sites is 1. The summed E-state index contributed by atoms with van der Waals surface area (Å²) >= 11 is 0. The highest BCUT2D eigenvalue weighted by Crippen LogP contribution is 2.26. The second-order valence-corrected chi connectivity index (χ2v) is 10.2. The highest BCUT2D eigenvalue weighted by atomic mass is 32.2. The van der Waals surface area contributed by atoms with Crippen LogP contribution >= 0.6 is 0 Å². The summed E-state index contributed by atoms with van der Waals surface area (Å²) in [4.78, 5) is 27.8. The third-order valence-corrected chi connectivity index (χ3v) is 7.55. The molecule has 0 heterocycles. The van der Waals surface area contributed by atoms with Crippen LogP contribution in [0.5, 0.6) is 5.75 Å². The first-order valence-corrected chi connectivity index (χ1v) is 13.6. The van der Waals surface area contributed by atoms with E-state index in [4.69, 9.17) is 4.74 Å². The van der Waals surface area contributed by atoms with E-state index in [1.165, 1.54) is 17.0 Å². The third kappa shape index (κ3) is 7.10. The van der Waals surface area contributed by atoms with Crippen LogP contribution in [0.1, 0.15) is 26.3 Å². The van der Waals surface area contributed by atoms with Gasteiger partial charge in [0.15, 0.2) is 0 Å². The van der Waals surface area contributed by atoms with Crippen LogP contribution in [0.2, 0.25) is 0 Å². The molecule has 0 aliphatic rings. The number of nitrogens with zero attached hydrogens (tertiary/aromatic N) is 2. The summed E-state index contributed by atoms with van der Waals surface area (Å²) < 4.78 is 34.0. The van der Waals surface area contributed by atoms with Gasteiger partial charge in [0.25, 0.3) is 10.0 Å². The number of carbonyl (C=O) groups excluding carboxylic acids is 2. The molecule has 2 amide bonds. The van der Waals surface area contributed by atoms with Gasteiger partial charge in [-0.2, -0.15) is 0 Å². The number of carbonyl (C=O) groups is 2. The van der Waals surface area contributed by atoms with E-state index in [2.05, 4.69) is 5.32 Å². The number of ether oxygens (including phenoxy) is 1. The van der Waals surface area contributed by atoms with Gasteiger partial charge in [-0.3, -0.25) is 13.9 Å². The van der Waals surface area contributed by atoms with E-state index in [0.29, 0.717) is 24.6 Å². The maximum absolute atomic E-state index is 13.8. The fraction of sp³-hybridized carbons (Fsp3) is 0.286. The summed E-state index contributed by atoms with van der Waals surface area (Å²) in [6.45, 7) is 5.83. The van der Waals surface area contributed by atoms with Gasteiger partial charge in [-0.1, -0.05) is 48.5 Å². The van der Waals surface area contributed by atoms with E-state index >= 15 is 0 Å². The average Bonchev–Trinajstić information content (AvgIpc) is 2.91. The zero-order valence-corrected chi connectivity index (χ0v) is 22.1. The van der Waals surface area contributed by atoms with Gasteiger partial charge in [-0.05, 0) is 62.7 Å². The highest BCUT2D eigenvalue weighted by molar-refractivity contribution is 7.92. The predicted molar refractivity (Wildman–Crippen MR) is 144 cm³/mol. The number of amides is 2. The molecule has 0 aromatic heterocycles. The lowest BCUT2D eigenvalue weighted by molar-refractivity contribution is -0.139. The number of hydrogen-bond acceptors (Lipinski definition) is 5. The van der Waals surface area contributed by atoms with Crippen molar-refractivity contribution >= 4 is 27.5 Å². The molecular formula is C28H33N3O5S. The average molecular weight is 524 g/mol. The van der Waals surface area contributed by atoms with Gasteiger partial charge in [-0.25, -0.2) is 8.42 Å². The lowest BCUT2D eigenvalue weighted by Gasteiger charge is -2.32. The van der Waals surface area contributed by atoms with Crippen molar-refractivity contribution < 1.29 is 22.7 Å². The van der Waals surface area contributed by atoms with E-state index in [-0.39, 0.29) is 17.3 Å². The molecule has 3 rings (SSSR count). The van der Waals surface area contributed by atoms with Crippen LogP contribution in [0.25, 0.3) is 0 Å². The van der Waals surface area contributed by atoms with Crippen LogP contribution in [0.3, 0.4) is 0 Å². The standard InChI is InChI=1S/C28H33N3O5S/c1-4-29-28(33)22(3)30(20-23-12-8-6-9-13-23)27(32)21-31(24-14-10-7-11-15-24)37(34,35)26-18-16-25(17-19-26)36-5-2/h6-19,22H,4-5,20-21H2,1-3H3,(H,29,33). The maximum Gasteiger partial charge on any atom is 0.264 e. The number of nitrogens with one attached hydrogen (secondary N) is 1. The monoisotopic (exact) mass is 523 g/mol. The summed E-state index contributed by atoms with van der Waals surface area (Å²) in [5.74, 6) is -0.262. The minimum absolute atomic E-state index is 0.0268. The SMILES string of the molecule is CCNC(=O)C(C)N(Cc1ccccc1)C(=O)CN(c1ccccc1)S(=O)(=O)c1ccc(OCC)cc1. The molecule has 0 aliphatic carbocycles. The number of sulfonamides is 1. The summed E-state index contributed by atoms with van der Waals surface area (Å²) in [6.07, 6.45) is 0. The summed E-state index contributed by atoms with van der Waals surface area (Å²) in [6, 6.07) is 23.0. The Morgan fingerprint density at radius 3 is 2.05 bits per heavy atom. The summed E-state index contributed by atoms with van der Waals surface area (Å²) in [5, 5.41) is 2.75. The molecule has 0 saturated carbocycles. The second kappa shape index (κ2) is 12.9. The summed E-state index contributed by atoms with van der Waals surface area (Å²) in [5.41, 5.74) is 1.17. The third-order valence-electron chi connectivity index (χ3n) is 5.76. The Hall–Kier alpha value is -3.85. The normalized spacial score (nSPS) is 11.9. The van der Waals surface area contributed by atoms with Crippen LogP contribution < -0.4 is 14.4 Å².